The van der Waals surface area contributed by atoms with E-state index in [-0.39, 0.29) is 0 Å². The Balaban J connectivity index is 1.85. The SMILES string of the molecule is CN1CCCC2CN(c3cc(Cl)ccc3C(N)=S)CCC21. The molecule has 5 heteroatoms. The summed E-state index contributed by atoms with van der Waals surface area (Å²) in [6.45, 7) is 3.35. The van der Waals surface area contributed by atoms with Gasteiger partial charge in [-0.05, 0) is 57.0 Å². The summed E-state index contributed by atoms with van der Waals surface area (Å²) in [6.07, 6.45) is 3.81. The molecule has 2 saturated heterocycles. The Morgan fingerprint density at radius 1 is 1.33 bits per heavy atom. The van der Waals surface area contributed by atoms with Gasteiger partial charge in [-0.15, -0.1) is 0 Å². The molecule has 3 rings (SSSR count). The van der Waals surface area contributed by atoms with Crippen molar-refractivity contribution in [2.24, 2.45) is 11.7 Å². The molecule has 0 aliphatic carbocycles. The first kappa shape index (κ1) is 15.1. The van der Waals surface area contributed by atoms with Gasteiger partial charge in [0.15, 0.2) is 0 Å². The molecule has 21 heavy (non-hydrogen) atoms. The molecule has 1 aromatic carbocycles. The molecule has 0 amide bonds. The van der Waals surface area contributed by atoms with Crippen LogP contribution in [0.5, 0.6) is 0 Å². The lowest BCUT2D eigenvalue weighted by atomic mass is 9.84. The highest BCUT2D eigenvalue weighted by Gasteiger charge is 2.34. The van der Waals surface area contributed by atoms with Crippen LogP contribution in [0.4, 0.5) is 5.69 Å². The van der Waals surface area contributed by atoms with E-state index in [9.17, 15) is 0 Å². The van der Waals surface area contributed by atoms with Gasteiger partial charge in [-0.1, -0.05) is 23.8 Å². The quantitative estimate of drug-likeness (QED) is 0.848. The number of nitrogens with zero attached hydrogens (tertiary/aromatic N) is 2. The minimum absolute atomic E-state index is 0.449. The van der Waals surface area contributed by atoms with Gasteiger partial charge in [-0.3, -0.25) is 0 Å². The summed E-state index contributed by atoms with van der Waals surface area (Å²) in [7, 11) is 2.26. The summed E-state index contributed by atoms with van der Waals surface area (Å²) in [5.74, 6) is 0.732. The normalized spacial score (nSPS) is 26.5. The molecule has 2 heterocycles. The molecule has 2 aliphatic heterocycles. The van der Waals surface area contributed by atoms with Gasteiger partial charge >= 0.3 is 0 Å². The fraction of sp³-hybridized carbons (Fsp3) is 0.562. The van der Waals surface area contributed by atoms with Crippen molar-refractivity contribution in [2.45, 2.75) is 25.3 Å². The van der Waals surface area contributed by atoms with Gasteiger partial charge in [0.2, 0.25) is 0 Å². The van der Waals surface area contributed by atoms with Crippen LogP contribution in [-0.4, -0.2) is 42.6 Å². The predicted octanol–water partition coefficient (Wildman–Crippen LogP) is 2.89. The van der Waals surface area contributed by atoms with Gasteiger partial charge in [-0.2, -0.15) is 0 Å². The summed E-state index contributed by atoms with van der Waals surface area (Å²) in [5.41, 5.74) is 7.92. The molecule has 2 unspecified atom stereocenters. The number of piperidine rings is 2. The number of hydrogen-bond donors (Lipinski definition) is 1. The van der Waals surface area contributed by atoms with Crippen molar-refractivity contribution >= 4 is 34.5 Å². The zero-order chi connectivity index (χ0) is 15.0. The zero-order valence-electron chi connectivity index (χ0n) is 12.4. The van der Waals surface area contributed by atoms with Crippen molar-refractivity contribution in [2.75, 3.05) is 31.6 Å². The van der Waals surface area contributed by atoms with E-state index < -0.39 is 0 Å². The number of hydrogen-bond acceptors (Lipinski definition) is 3. The topological polar surface area (TPSA) is 32.5 Å². The fourth-order valence-corrected chi connectivity index (χ4v) is 4.19. The lowest BCUT2D eigenvalue weighted by Gasteiger charge is -2.47. The number of benzene rings is 1. The second kappa shape index (κ2) is 6.11. The van der Waals surface area contributed by atoms with Crippen LogP contribution in [0.2, 0.25) is 5.02 Å². The van der Waals surface area contributed by atoms with E-state index in [0.717, 1.165) is 41.3 Å². The van der Waals surface area contributed by atoms with E-state index in [2.05, 4.69) is 16.8 Å². The van der Waals surface area contributed by atoms with E-state index in [1.54, 1.807) is 0 Å². The summed E-state index contributed by atoms with van der Waals surface area (Å²) >= 11 is 11.4. The summed E-state index contributed by atoms with van der Waals surface area (Å²) in [5, 5.41) is 0.743. The molecule has 0 aromatic heterocycles. The number of fused-ring (bicyclic) bond motifs is 1. The smallest absolute Gasteiger partial charge is 0.106 e. The first-order valence-corrected chi connectivity index (χ1v) is 8.39. The van der Waals surface area contributed by atoms with Crippen molar-refractivity contribution in [1.29, 1.82) is 0 Å². The van der Waals surface area contributed by atoms with Gasteiger partial charge in [0.1, 0.15) is 4.99 Å². The zero-order valence-corrected chi connectivity index (χ0v) is 14.0. The molecular formula is C16H22ClN3S. The minimum Gasteiger partial charge on any atom is -0.389 e. The Labute approximate surface area is 137 Å². The van der Waals surface area contributed by atoms with E-state index >= 15 is 0 Å². The first-order chi connectivity index (χ1) is 10.1. The van der Waals surface area contributed by atoms with Crippen LogP contribution in [0.15, 0.2) is 18.2 Å². The van der Waals surface area contributed by atoms with E-state index in [4.69, 9.17) is 29.6 Å². The van der Waals surface area contributed by atoms with Gasteiger partial charge in [-0.25, -0.2) is 0 Å². The van der Waals surface area contributed by atoms with Crippen molar-refractivity contribution in [3.8, 4) is 0 Å². The summed E-state index contributed by atoms with van der Waals surface area (Å²) in [4.78, 5) is 5.39. The molecule has 2 fully saturated rings. The highest BCUT2D eigenvalue weighted by molar-refractivity contribution is 7.80. The van der Waals surface area contributed by atoms with Crippen molar-refractivity contribution in [1.82, 2.24) is 4.90 Å². The largest absolute Gasteiger partial charge is 0.389 e. The van der Waals surface area contributed by atoms with Crippen molar-refractivity contribution < 1.29 is 0 Å². The molecular weight excluding hydrogens is 302 g/mol. The van der Waals surface area contributed by atoms with Crippen molar-refractivity contribution in [3.63, 3.8) is 0 Å². The Morgan fingerprint density at radius 2 is 2.14 bits per heavy atom. The molecule has 3 nitrogen and oxygen atoms in total. The molecule has 2 N–H and O–H groups in total. The maximum atomic E-state index is 6.18. The van der Waals surface area contributed by atoms with Gasteiger partial charge < -0.3 is 15.5 Å². The average molecular weight is 324 g/mol. The molecule has 1 aromatic rings. The second-order valence-electron chi connectivity index (χ2n) is 6.21. The number of likely N-dealkylation sites (tertiary alicyclic amines) is 1. The van der Waals surface area contributed by atoms with Gasteiger partial charge in [0, 0.05) is 35.4 Å². The van der Waals surface area contributed by atoms with Crippen LogP contribution in [0.1, 0.15) is 24.8 Å². The number of thiocarbonyl (C=S) groups is 1. The minimum atomic E-state index is 0.449. The Morgan fingerprint density at radius 3 is 2.90 bits per heavy atom. The van der Waals surface area contributed by atoms with Crippen LogP contribution in [0.25, 0.3) is 0 Å². The van der Waals surface area contributed by atoms with E-state index in [1.807, 2.05) is 18.2 Å². The van der Waals surface area contributed by atoms with Crippen molar-refractivity contribution in [3.05, 3.63) is 28.8 Å². The van der Waals surface area contributed by atoms with Crippen LogP contribution in [0, 0.1) is 5.92 Å². The number of anilines is 1. The predicted molar refractivity (Wildman–Crippen MR) is 93.3 cm³/mol. The fourth-order valence-electron chi connectivity index (χ4n) is 3.85. The summed E-state index contributed by atoms with van der Waals surface area (Å²) in [6, 6.07) is 6.53. The lowest BCUT2D eigenvalue weighted by molar-refractivity contribution is 0.102. The van der Waals surface area contributed by atoms with Crippen LogP contribution in [0.3, 0.4) is 0 Å². The molecule has 2 atom stereocenters. The third kappa shape index (κ3) is 3.03. The number of nitrogens with two attached hydrogens (primary N) is 1. The van der Waals surface area contributed by atoms with Gasteiger partial charge in [0.05, 0.1) is 0 Å². The summed E-state index contributed by atoms with van der Waals surface area (Å²) < 4.78 is 0. The monoisotopic (exact) mass is 323 g/mol. The maximum Gasteiger partial charge on any atom is 0.106 e. The van der Waals surface area contributed by atoms with E-state index in [0.29, 0.717) is 4.99 Å². The Hall–Kier alpha value is -0.840. The standard InChI is InChI=1S/C16H22ClN3S/c1-19-7-2-3-11-10-20(8-6-14(11)19)15-9-12(17)4-5-13(15)16(18)21/h4-5,9,11,14H,2-3,6-8,10H2,1H3,(H2,18,21). The van der Waals surface area contributed by atoms with Gasteiger partial charge in [0.25, 0.3) is 0 Å². The number of rotatable bonds is 2. The molecule has 0 bridgehead atoms. The highest BCUT2D eigenvalue weighted by atomic mass is 35.5. The lowest BCUT2D eigenvalue weighted by Crippen LogP contribution is -2.53. The molecule has 114 valence electrons. The Bertz CT molecular complexity index is 548. The molecule has 0 radical (unpaired) electrons. The molecule has 0 saturated carbocycles. The van der Waals surface area contributed by atoms with Crippen LogP contribution < -0.4 is 10.6 Å². The highest BCUT2D eigenvalue weighted by Crippen LogP contribution is 2.34. The molecule has 0 spiro atoms. The maximum absolute atomic E-state index is 6.18. The van der Waals surface area contributed by atoms with Crippen LogP contribution >= 0.6 is 23.8 Å². The average Bonchev–Trinajstić information content (AvgIpc) is 2.46. The number of halogens is 1. The first-order valence-electron chi connectivity index (χ1n) is 7.61. The molecule has 2 aliphatic rings. The second-order valence-corrected chi connectivity index (χ2v) is 7.09. The van der Waals surface area contributed by atoms with E-state index in [1.165, 1.54) is 25.8 Å². The third-order valence-electron chi connectivity index (χ3n) is 4.91. The Kier molecular flexibility index (Phi) is 4.38. The third-order valence-corrected chi connectivity index (χ3v) is 5.37. The van der Waals surface area contributed by atoms with Crippen LogP contribution in [-0.2, 0) is 0 Å².